The molecule has 0 bridgehead atoms. The molecule has 0 aliphatic rings. The molecule has 2 amide bonds. The molecule has 23 heavy (non-hydrogen) atoms. The van der Waals surface area contributed by atoms with Gasteiger partial charge in [0.05, 0.1) is 6.04 Å². The lowest BCUT2D eigenvalue weighted by molar-refractivity contribution is 0.249. The molecule has 0 heterocycles. The van der Waals surface area contributed by atoms with Crippen LogP contribution in [0.4, 0.5) is 10.5 Å². The number of aryl methyl sites for hydroxylation is 1. The largest absolute Gasteiger partial charge is 0.330 e. The van der Waals surface area contributed by atoms with Crippen molar-refractivity contribution in [2.45, 2.75) is 13.0 Å². The van der Waals surface area contributed by atoms with E-state index in [-0.39, 0.29) is 12.1 Å². The van der Waals surface area contributed by atoms with Crippen LogP contribution in [0.2, 0.25) is 5.02 Å². The van der Waals surface area contributed by atoms with Crippen molar-refractivity contribution in [3.05, 3.63) is 64.7 Å². The Hall–Kier alpha value is -1.85. The average Bonchev–Trinajstić information content (AvgIpc) is 2.51. The molecule has 122 valence electrons. The highest BCUT2D eigenvalue weighted by atomic mass is 35.5. The van der Waals surface area contributed by atoms with E-state index < -0.39 is 10.8 Å². The first-order valence-electron chi connectivity index (χ1n) is 7.14. The molecule has 0 fully saturated rings. The van der Waals surface area contributed by atoms with E-state index >= 15 is 0 Å². The molecular weight excluding hydrogens is 332 g/mol. The minimum atomic E-state index is -1.03. The SMILES string of the molecule is Cc1ccc(NC(=O)N[C@H](C[S@](C)=O)c2ccccc2)cc1Cl. The Balaban J connectivity index is 2.08. The number of carbonyl (C=O) groups is 1. The normalized spacial score (nSPS) is 13.2. The van der Waals surface area contributed by atoms with E-state index in [1.807, 2.05) is 43.3 Å². The molecule has 0 unspecified atom stereocenters. The summed E-state index contributed by atoms with van der Waals surface area (Å²) in [5.74, 6) is 0.353. The van der Waals surface area contributed by atoms with Gasteiger partial charge < -0.3 is 10.6 Å². The van der Waals surface area contributed by atoms with Crippen molar-refractivity contribution in [3.63, 3.8) is 0 Å². The Morgan fingerprint density at radius 2 is 1.91 bits per heavy atom. The van der Waals surface area contributed by atoms with Crippen LogP contribution in [-0.2, 0) is 10.8 Å². The fourth-order valence-electron chi connectivity index (χ4n) is 2.14. The summed E-state index contributed by atoms with van der Waals surface area (Å²) in [6.07, 6.45) is 1.62. The second-order valence-corrected chi connectivity index (χ2v) is 7.15. The van der Waals surface area contributed by atoms with Gasteiger partial charge in [-0.25, -0.2) is 4.79 Å². The highest BCUT2D eigenvalue weighted by Crippen LogP contribution is 2.20. The molecule has 0 aromatic heterocycles. The zero-order chi connectivity index (χ0) is 16.8. The van der Waals surface area contributed by atoms with E-state index in [0.717, 1.165) is 11.1 Å². The molecule has 0 aliphatic heterocycles. The lowest BCUT2D eigenvalue weighted by atomic mass is 10.1. The van der Waals surface area contributed by atoms with E-state index in [9.17, 15) is 9.00 Å². The van der Waals surface area contributed by atoms with E-state index in [2.05, 4.69) is 10.6 Å². The Kier molecular flexibility index (Phi) is 6.19. The molecule has 6 heteroatoms. The maximum absolute atomic E-state index is 12.2. The smallest absolute Gasteiger partial charge is 0.319 e. The van der Waals surface area contributed by atoms with E-state index in [1.165, 1.54) is 0 Å². The average molecular weight is 351 g/mol. The van der Waals surface area contributed by atoms with Crippen LogP contribution in [0.25, 0.3) is 0 Å². The van der Waals surface area contributed by atoms with Gasteiger partial charge in [-0.2, -0.15) is 0 Å². The first-order chi connectivity index (χ1) is 11.0. The summed E-state index contributed by atoms with van der Waals surface area (Å²) in [4.78, 5) is 12.2. The third-order valence-corrected chi connectivity index (χ3v) is 4.55. The molecule has 0 radical (unpaired) electrons. The molecule has 2 N–H and O–H groups in total. The molecule has 2 rings (SSSR count). The molecular formula is C17H19ClN2O2S. The summed E-state index contributed by atoms with van der Waals surface area (Å²) >= 11 is 6.06. The summed E-state index contributed by atoms with van der Waals surface area (Å²) < 4.78 is 11.6. The summed E-state index contributed by atoms with van der Waals surface area (Å²) in [7, 11) is -1.03. The number of hydrogen-bond acceptors (Lipinski definition) is 2. The summed E-state index contributed by atoms with van der Waals surface area (Å²) in [5.41, 5.74) is 2.48. The van der Waals surface area contributed by atoms with Gasteiger partial charge in [-0.1, -0.05) is 48.0 Å². The monoisotopic (exact) mass is 350 g/mol. The summed E-state index contributed by atoms with van der Waals surface area (Å²) in [6, 6.07) is 14.1. The number of amides is 2. The predicted molar refractivity (Wildman–Crippen MR) is 96.5 cm³/mol. The van der Waals surface area contributed by atoms with Crippen LogP contribution in [0.1, 0.15) is 17.2 Å². The number of benzene rings is 2. The number of urea groups is 1. The molecule has 2 aromatic rings. The fraction of sp³-hybridized carbons (Fsp3) is 0.235. The molecule has 0 saturated heterocycles. The molecule has 4 nitrogen and oxygen atoms in total. The maximum Gasteiger partial charge on any atom is 0.319 e. The van der Waals surface area contributed by atoms with Gasteiger partial charge in [0.15, 0.2) is 0 Å². The first kappa shape index (κ1) is 17.5. The second kappa shape index (κ2) is 8.13. The highest BCUT2D eigenvalue weighted by molar-refractivity contribution is 7.84. The Labute approximate surface area is 143 Å². The zero-order valence-electron chi connectivity index (χ0n) is 13.0. The third-order valence-electron chi connectivity index (χ3n) is 3.34. The number of hydrogen-bond donors (Lipinski definition) is 2. The van der Waals surface area contributed by atoms with E-state index in [4.69, 9.17) is 11.6 Å². The molecule has 0 spiro atoms. The van der Waals surface area contributed by atoms with Gasteiger partial charge in [0.2, 0.25) is 0 Å². The van der Waals surface area contributed by atoms with Crippen LogP contribution in [0, 0.1) is 6.92 Å². The minimum Gasteiger partial charge on any atom is -0.330 e. The van der Waals surface area contributed by atoms with Crippen molar-refractivity contribution < 1.29 is 9.00 Å². The quantitative estimate of drug-likeness (QED) is 0.859. The van der Waals surface area contributed by atoms with Crippen molar-refractivity contribution in [2.75, 3.05) is 17.3 Å². The van der Waals surface area contributed by atoms with Gasteiger partial charge in [0.25, 0.3) is 0 Å². The topological polar surface area (TPSA) is 58.2 Å². The van der Waals surface area contributed by atoms with Crippen molar-refractivity contribution in [1.29, 1.82) is 0 Å². The first-order valence-corrected chi connectivity index (χ1v) is 9.25. The Morgan fingerprint density at radius 3 is 2.52 bits per heavy atom. The van der Waals surface area contributed by atoms with Crippen LogP contribution in [-0.4, -0.2) is 22.2 Å². The summed E-state index contributed by atoms with van der Waals surface area (Å²) in [6.45, 7) is 1.90. The Morgan fingerprint density at radius 1 is 1.22 bits per heavy atom. The lowest BCUT2D eigenvalue weighted by Gasteiger charge is -2.18. The zero-order valence-corrected chi connectivity index (χ0v) is 14.6. The van der Waals surface area contributed by atoms with Crippen molar-refractivity contribution in [2.24, 2.45) is 0 Å². The lowest BCUT2D eigenvalue weighted by Crippen LogP contribution is -2.35. The predicted octanol–water partition coefficient (Wildman–Crippen LogP) is 3.89. The number of halogens is 1. The fourth-order valence-corrected chi connectivity index (χ4v) is 3.06. The van der Waals surface area contributed by atoms with E-state index in [0.29, 0.717) is 16.5 Å². The van der Waals surface area contributed by atoms with Gasteiger partial charge >= 0.3 is 6.03 Å². The van der Waals surface area contributed by atoms with Crippen LogP contribution in [0.3, 0.4) is 0 Å². The van der Waals surface area contributed by atoms with Crippen molar-refractivity contribution >= 4 is 34.1 Å². The van der Waals surface area contributed by atoms with E-state index in [1.54, 1.807) is 18.4 Å². The molecule has 0 aliphatic carbocycles. The minimum absolute atomic E-state index is 0.317. The molecule has 2 atom stereocenters. The number of rotatable bonds is 5. The van der Waals surface area contributed by atoms with Gasteiger partial charge in [0.1, 0.15) is 0 Å². The van der Waals surface area contributed by atoms with Crippen LogP contribution < -0.4 is 10.6 Å². The van der Waals surface area contributed by atoms with Crippen molar-refractivity contribution in [3.8, 4) is 0 Å². The van der Waals surface area contributed by atoms with Gasteiger partial charge in [0, 0.05) is 33.5 Å². The molecule has 0 saturated carbocycles. The van der Waals surface area contributed by atoms with Crippen molar-refractivity contribution in [1.82, 2.24) is 5.32 Å². The maximum atomic E-state index is 12.2. The molecule has 2 aromatic carbocycles. The summed E-state index contributed by atoms with van der Waals surface area (Å²) in [5, 5.41) is 6.21. The van der Waals surface area contributed by atoms with Gasteiger partial charge in [-0.3, -0.25) is 4.21 Å². The van der Waals surface area contributed by atoms with Gasteiger partial charge in [-0.15, -0.1) is 0 Å². The number of nitrogens with one attached hydrogen (secondary N) is 2. The van der Waals surface area contributed by atoms with Gasteiger partial charge in [-0.05, 0) is 30.2 Å². The second-order valence-electron chi connectivity index (χ2n) is 5.27. The van der Waals surface area contributed by atoms with Crippen LogP contribution in [0.15, 0.2) is 48.5 Å². The van der Waals surface area contributed by atoms with Crippen LogP contribution in [0.5, 0.6) is 0 Å². The number of anilines is 1. The van der Waals surface area contributed by atoms with Crippen LogP contribution >= 0.6 is 11.6 Å². The Bertz CT molecular complexity index is 707. The third kappa shape index (κ3) is 5.37. The standard InChI is InChI=1S/C17H19ClN2O2S/c1-12-8-9-14(10-15(12)18)19-17(21)20-16(11-23(2)22)13-6-4-3-5-7-13/h3-10,16H,11H2,1-2H3,(H2,19,20,21)/t16-,23+/m1/s1. The number of carbonyl (C=O) groups excluding carboxylic acids is 1. The highest BCUT2D eigenvalue weighted by Gasteiger charge is 2.16.